The molecule has 0 saturated heterocycles. The average molecular weight is 398 g/mol. The lowest BCUT2D eigenvalue weighted by Gasteiger charge is -2.15. The molecule has 2 rings (SSSR count). The lowest BCUT2D eigenvalue weighted by Crippen LogP contribution is -2.27. The first-order valence-electron chi connectivity index (χ1n) is 9.22. The smallest absolute Gasteiger partial charge is 0.375 e. The van der Waals surface area contributed by atoms with Crippen LogP contribution in [0.15, 0.2) is 42.6 Å². The molecular formula is C21H22N2O6. The molecule has 0 N–H and O–H groups in total. The first-order chi connectivity index (χ1) is 14.0. The Kier molecular flexibility index (Phi) is 8.14. The van der Waals surface area contributed by atoms with E-state index in [0.29, 0.717) is 0 Å². The van der Waals surface area contributed by atoms with Gasteiger partial charge in [0, 0.05) is 6.20 Å². The van der Waals surface area contributed by atoms with Crippen LogP contribution in [0.25, 0.3) is 0 Å². The Morgan fingerprint density at radius 3 is 2.24 bits per heavy atom. The van der Waals surface area contributed by atoms with Crippen LogP contribution >= 0.6 is 0 Å². The number of carbonyl (C=O) groups excluding carboxylic acids is 4. The van der Waals surface area contributed by atoms with Gasteiger partial charge in [0.1, 0.15) is 5.82 Å². The van der Waals surface area contributed by atoms with Crippen molar-refractivity contribution in [2.45, 2.75) is 32.6 Å². The van der Waals surface area contributed by atoms with E-state index in [9.17, 15) is 19.2 Å². The van der Waals surface area contributed by atoms with Crippen LogP contribution in [-0.4, -0.2) is 46.7 Å². The molecule has 1 heterocycles. The molecule has 8 heteroatoms. The first-order valence-corrected chi connectivity index (χ1v) is 9.22. The normalized spacial score (nSPS) is 11.4. The second-order valence-electron chi connectivity index (χ2n) is 6.05. The van der Waals surface area contributed by atoms with Gasteiger partial charge in [-0.1, -0.05) is 30.3 Å². The van der Waals surface area contributed by atoms with E-state index in [0.717, 1.165) is 5.56 Å². The molecule has 1 unspecified atom stereocenters. The molecule has 0 fully saturated rings. The largest absolute Gasteiger partial charge is 0.460 e. The molecule has 152 valence electrons. The van der Waals surface area contributed by atoms with Crippen molar-refractivity contribution in [1.29, 1.82) is 0 Å². The van der Waals surface area contributed by atoms with Crippen LogP contribution in [0.2, 0.25) is 0 Å². The SMILES string of the molecule is CCOC(=O)C(=O)Cc1nccc(C(Cc2ccccc2)C(=O)C(=O)OCC)n1. The van der Waals surface area contributed by atoms with Crippen LogP contribution in [0.3, 0.4) is 0 Å². The van der Waals surface area contributed by atoms with Crippen molar-refractivity contribution >= 4 is 23.5 Å². The number of Topliss-reactive ketones (excluding diaryl/α,β-unsaturated/α-hetero) is 2. The van der Waals surface area contributed by atoms with Crippen LogP contribution in [0.1, 0.15) is 36.8 Å². The summed E-state index contributed by atoms with van der Waals surface area (Å²) in [6, 6.07) is 10.7. The van der Waals surface area contributed by atoms with Crippen LogP contribution in [0.4, 0.5) is 0 Å². The van der Waals surface area contributed by atoms with E-state index in [2.05, 4.69) is 14.7 Å². The second kappa shape index (κ2) is 10.8. The standard InChI is InChI=1S/C21H22N2O6/c1-3-28-20(26)17(24)13-18-22-11-10-16(23-18)15(19(25)21(27)29-4-2)12-14-8-6-5-7-9-14/h5-11,15H,3-4,12-13H2,1-2H3. The lowest BCUT2D eigenvalue weighted by molar-refractivity contribution is -0.154. The summed E-state index contributed by atoms with van der Waals surface area (Å²) in [6.45, 7) is 3.36. The van der Waals surface area contributed by atoms with Gasteiger partial charge in [0.15, 0.2) is 0 Å². The maximum atomic E-state index is 12.7. The fourth-order valence-corrected chi connectivity index (χ4v) is 2.65. The van der Waals surface area contributed by atoms with E-state index in [1.54, 1.807) is 13.8 Å². The highest BCUT2D eigenvalue weighted by atomic mass is 16.5. The molecule has 0 spiro atoms. The van der Waals surface area contributed by atoms with E-state index >= 15 is 0 Å². The zero-order chi connectivity index (χ0) is 21.2. The fourth-order valence-electron chi connectivity index (χ4n) is 2.65. The molecule has 2 aromatic rings. The maximum absolute atomic E-state index is 12.7. The molecule has 0 amide bonds. The van der Waals surface area contributed by atoms with Crippen LogP contribution in [0.5, 0.6) is 0 Å². The van der Waals surface area contributed by atoms with E-state index in [-0.39, 0.29) is 37.6 Å². The molecule has 0 aliphatic heterocycles. The minimum atomic E-state index is -0.968. The summed E-state index contributed by atoms with van der Waals surface area (Å²) < 4.78 is 9.52. The van der Waals surface area contributed by atoms with E-state index in [4.69, 9.17) is 4.74 Å². The van der Waals surface area contributed by atoms with Crippen molar-refractivity contribution in [3.63, 3.8) is 0 Å². The number of benzene rings is 1. The molecule has 1 atom stereocenters. The van der Waals surface area contributed by atoms with Gasteiger partial charge >= 0.3 is 11.9 Å². The Labute approximate surface area is 168 Å². The van der Waals surface area contributed by atoms with Crippen LogP contribution in [-0.2, 0) is 41.5 Å². The lowest BCUT2D eigenvalue weighted by atomic mass is 9.91. The fraction of sp³-hybridized carbons (Fsp3) is 0.333. The van der Waals surface area contributed by atoms with Gasteiger partial charge in [0.05, 0.1) is 31.2 Å². The van der Waals surface area contributed by atoms with Crippen molar-refractivity contribution in [3.8, 4) is 0 Å². The Bertz CT molecular complexity index is 882. The van der Waals surface area contributed by atoms with Gasteiger partial charge in [0.2, 0.25) is 11.6 Å². The quantitative estimate of drug-likeness (QED) is 0.438. The second-order valence-corrected chi connectivity index (χ2v) is 6.05. The molecular weight excluding hydrogens is 376 g/mol. The van der Waals surface area contributed by atoms with Gasteiger partial charge in [-0.25, -0.2) is 19.6 Å². The maximum Gasteiger partial charge on any atom is 0.375 e. The summed E-state index contributed by atoms with van der Waals surface area (Å²) in [5.41, 5.74) is 1.10. The average Bonchev–Trinajstić information content (AvgIpc) is 2.72. The summed E-state index contributed by atoms with van der Waals surface area (Å²) in [6.07, 6.45) is 1.24. The Morgan fingerprint density at radius 1 is 0.931 bits per heavy atom. The molecule has 0 aliphatic rings. The van der Waals surface area contributed by atoms with E-state index < -0.39 is 29.4 Å². The summed E-state index contributed by atoms with van der Waals surface area (Å²) in [7, 11) is 0. The molecule has 29 heavy (non-hydrogen) atoms. The minimum absolute atomic E-state index is 0.0651. The van der Waals surface area contributed by atoms with Gasteiger partial charge in [-0.05, 0) is 31.9 Å². The monoisotopic (exact) mass is 398 g/mol. The van der Waals surface area contributed by atoms with Crippen LogP contribution < -0.4 is 0 Å². The number of ketones is 2. The zero-order valence-electron chi connectivity index (χ0n) is 16.3. The van der Waals surface area contributed by atoms with Gasteiger partial charge in [0.25, 0.3) is 0 Å². The van der Waals surface area contributed by atoms with Gasteiger partial charge in [-0.3, -0.25) is 9.59 Å². The summed E-state index contributed by atoms with van der Waals surface area (Å²) in [4.78, 5) is 56.4. The molecule has 0 bridgehead atoms. The van der Waals surface area contributed by atoms with Gasteiger partial charge < -0.3 is 9.47 Å². The molecule has 0 radical (unpaired) electrons. The third-order valence-electron chi connectivity index (χ3n) is 3.98. The third kappa shape index (κ3) is 6.31. The molecule has 0 aliphatic carbocycles. The van der Waals surface area contributed by atoms with E-state index in [1.807, 2.05) is 30.3 Å². The Hall–Kier alpha value is -3.42. The van der Waals surface area contributed by atoms with E-state index in [1.165, 1.54) is 12.3 Å². The number of hydrogen-bond donors (Lipinski definition) is 0. The molecule has 1 aromatic heterocycles. The number of hydrogen-bond acceptors (Lipinski definition) is 8. The number of carbonyl (C=O) groups is 4. The number of esters is 2. The van der Waals surface area contributed by atoms with Crippen molar-refractivity contribution in [2.24, 2.45) is 0 Å². The Balaban J connectivity index is 2.30. The molecule has 1 aromatic carbocycles. The zero-order valence-corrected chi connectivity index (χ0v) is 16.3. The highest BCUT2D eigenvalue weighted by Crippen LogP contribution is 2.21. The number of rotatable bonds is 10. The number of nitrogens with zero attached hydrogens (tertiary/aromatic N) is 2. The summed E-state index contributed by atoms with van der Waals surface area (Å²) >= 11 is 0. The first kappa shape index (κ1) is 21.9. The van der Waals surface area contributed by atoms with Crippen molar-refractivity contribution < 1.29 is 28.7 Å². The highest BCUT2D eigenvalue weighted by molar-refractivity contribution is 6.36. The van der Waals surface area contributed by atoms with Crippen molar-refractivity contribution in [1.82, 2.24) is 9.97 Å². The third-order valence-corrected chi connectivity index (χ3v) is 3.98. The van der Waals surface area contributed by atoms with Gasteiger partial charge in [-0.15, -0.1) is 0 Å². The summed E-state index contributed by atoms with van der Waals surface area (Å²) in [5, 5.41) is 0. The van der Waals surface area contributed by atoms with Crippen molar-refractivity contribution in [3.05, 3.63) is 59.7 Å². The highest BCUT2D eigenvalue weighted by Gasteiger charge is 2.30. The van der Waals surface area contributed by atoms with Crippen LogP contribution in [0, 0.1) is 0 Å². The molecule has 0 saturated carbocycles. The Morgan fingerprint density at radius 2 is 1.59 bits per heavy atom. The number of ether oxygens (including phenoxy) is 2. The van der Waals surface area contributed by atoms with Gasteiger partial charge in [-0.2, -0.15) is 0 Å². The topological polar surface area (TPSA) is 113 Å². The predicted octanol–water partition coefficient (Wildman–Crippen LogP) is 1.61. The summed E-state index contributed by atoms with van der Waals surface area (Å²) in [5.74, 6) is -4.29. The van der Waals surface area contributed by atoms with Crippen molar-refractivity contribution in [2.75, 3.05) is 13.2 Å². The molecule has 8 nitrogen and oxygen atoms in total. The minimum Gasteiger partial charge on any atom is -0.460 e. The predicted molar refractivity (Wildman–Crippen MR) is 102 cm³/mol. The number of aromatic nitrogens is 2.